The van der Waals surface area contributed by atoms with E-state index in [2.05, 4.69) is 5.32 Å². The van der Waals surface area contributed by atoms with Crippen LogP contribution in [0.25, 0.3) is 0 Å². The molecule has 6 heteroatoms. The molecule has 2 rings (SSSR count). The summed E-state index contributed by atoms with van der Waals surface area (Å²) in [6.07, 6.45) is 0.0863. The molecular formula is C19H21Cl2NO3. The molecule has 0 saturated heterocycles. The molecule has 0 saturated carbocycles. The number of halogens is 2. The van der Waals surface area contributed by atoms with E-state index in [1.54, 1.807) is 36.4 Å². The highest BCUT2D eigenvalue weighted by Gasteiger charge is 2.12. The van der Waals surface area contributed by atoms with Gasteiger partial charge in [-0.1, -0.05) is 23.2 Å². The molecule has 1 N–H and O–H groups in total. The van der Waals surface area contributed by atoms with E-state index < -0.39 is 0 Å². The Kier molecular flexibility index (Phi) is 7.12. The molecule has 0 atom stereocenters. The molecule has 0 aliphatic carbocycles. The van der Waals surface area contributed by atoms with Gasteiger partial charge in [-0.25, -0.2) is 0 Å². The molecule has 2 aromatic carbocycles. The van der Waals surface area contributed by atoms with Gasteiger partial charge in [-0.2, -0.15) is 0 Å². The minimum atomic E-state index is -0.243. The molecule has 0 heterocycles. The quantitative estimate of drug-likeness (QED) is 0.681. The first-order valence-electron chi connectivity index (χ1n) is 8.04. The molecule has 0 fully saturated rings. The summed E-state index contributed by atoms with van der Waals surface area (Å²) >= 11 is 11.9. The average molecular weight is 382 g/mol. The van der Waals surface area contributed by atoms with Crippen molar-refractivity contribution in [2.75, 3.05) is 11.9 Å². The second kappa shape index (κ2) is 9.09. The Labute approximate surface area is 158 Å². The van der Waals surface area contributed by atoms with Crippen molar-refractivity contribution in [2.45, 2.75) is 33.5 Å². The minimum Gasteiger partial charge on any atom is -0.494 e. The number of carbonyl (C=O) groups is 1. The summed E-state index contributed by atoms with van der Waals surface area (Å²) < 4.78 is 11.3. The van der Waals surface area contributed by atoms with E-state index in [9.17, 15) is 4.79 Å². The molecule has 0 radical (unpaired) electrons. The lowest BCUT2D eigenvalue weighted by Gasteiger charge is -2.14. The standard InChI is InChI=1S/C19H21Cl2NO3/c1-4-24-18-8-5-13(9-14(18)11-25-12(2)3)19(23)22-15-6-7-16(20)17(21)10-15/h5-10,12H,4,11H2,1-3H3,(H,22,23). The molecule has 0 aromatic heterocycles. The van der Waals surface area contributed by atoms with Gasteiger partial charge in [0.05, 0.1) is 29.4 Å². The molecule has 0 aliphatic rings. The van der Waals surface area contributed by atoms with Crippen molar-refractivity contribution in [1.82, 2.24) is 0 Å². The summed E-state index contributed by atoms with van der Waals surface area (Å²) in [5.41, 5.74) is 1.92. The highest BCUT2D eigenvalue weighted by molar-refractivity contribution is 6.42. The van der Waals surface area contributed by atoms with E-state index in [-0.39, 0.29) is 12.0 Å². The Bertz CT molecular complexity index is 747. The van der Waals surface area contributed by atoms with Crippen molar-refractivity contribution in [1.29, 1.82) is 0 Å². The first-order valence-corrected chi connectivity index (χ1v) is 8.80. The van der Waals surface area contributed by atoms with Gasteiger partial charge in [-0.3, -0.25) is 4.79 Å². The van der Waals surface area contributed by atoms with Gasteiger partial charge in [-0.05, 0) is 57.2 Å². The minimum absolute atomic E-state index is 0.0863. The third kappa shape index (κ3) is 5.63. The average Bonchev–Trinajstić information content (AvgIpc) is 2.57. The van der Waals surface area contributed by atoms with Gasteiger partial charge < -0.3 is 14.8 Å². The molecule has 134 valence electrons. The van der Waals surface area contributed by atoms with Crippen LogP contribution in [0.4, 0.5) is 5.69 Å². The molecule has 2 aromatic rings. The molecule has 0 bridgehead atoms. The summed E-state index contributed by atoms with van der Waals surface area (Å²) in [6, 6.07) is 10.2. The predicted molar refractivity (Wildman–Crippen MR) is 102 cm³/mol. The maximum absolute atomic E-state index is 12.5. The normalized spacial score (nSPS) is 10.8. The van der Waals surface area contributed by atoms with Gasteiger partial charge in [0, 0.05) is 16.8 Å². The summed E-state index contributed by atoms with van der Waals surface area (Å²) in [5.74, 6) is 0.474. The Hall–Kier alpha value is -1.75. The summed E-state index contributed by atoms with van der Waals surface area (Å²) in [5, 5.41) is 3.63. The number of hydrogen-bond acceptors (Lipinski definition) is 3. The highest BCUT2D eigenvalue weighted by atomic mass is 35.5. The van der Waals surface area contributed by atoms with Crippen LogP contribution in [-0.4, -0.2) is 18.6 Å². The van der Waals surface area contributed by atoms with Crippen LogP contribution in [0.1, 0.15) is 36.7 Å². The number of carbonyl (C=O) groups excluding carboxylic acids is 1. The maximum Gasteiger partial charge on any atom is 0.255 e. The van der Waals surface area contributed by atoms with Crippen LogP contribution in [0, 0.1) is 0 Å². The van der Waals surface area contributed by atoms with E-state index in [1.165, 1.54) is 0 Å². The van der Waals surface area contributed by atoms with Crippen LogP contribution in [-0.2, 0) is 11.3 Å². The van der Waals surface area contributed by atoms with Crippen molar-refractivity contribution in [3.05, 3.63) is 57.6 Å². The number of benzene rings is 2. The second-order valence-electron chi connectivity index (χ2n) is 5.70. The zero-order valence-electron chi connectivity index (χ0n) is 14.4. The van der Waals surface area contributed by atoms with E-state index in [4.69, 9.17) is 32.7 Å². The molecule has 4 nitrogen and oxygen atoms in total. The fourth-order valence-corrected chi connectivity index (χ4v) is 2.46. The molecule has 0 spiro atoms. The number of ether oxygens (including phenoxy) is 2. The number of rotatable bonds is 7. The molecule has 0 aliphatic heterocycles. The first-order chi connectivity index (χ1) is 11.9. The Morgan fingerprint density at radius 2 is 1.88 bits per heavy atom. The van der Waals surface area contributed by atoms with Gasteiger partial charge in [0.15, 0.2) is 0 Å². The van der Waals surface area contributed by atoms with Crippen LogP contribution >= 0.6 is 23.2 Å². The summed E-state index contributed by atoms with van der Waals surface area (Å²) in [6.45, 7) is 6.75. The van der Waals surface area contributed by atoms with Crippen molar-refractivity contribution < 1.29 is 14.3 Å². The summed E-state index contributed by atoms with van der Waals surface area (Å²) in [4.78, 5) is 12.5. The zero-order chi connectivity index (χ0) is 18.4. The van der Waals surface area contributed by atoms with E-state index in [0.29, 0.717) is 40.3 Å². The second-order valence-corrected chi connectivity index (χ2v) is 6.51. The fraction of sp³-hybridized carbons (Fsp3) is 0.316. The number of anilines is 1. The van der Waals surface area contributed by atoms with Gasteiger partial charge in [0.25, 0.3) is 5.91 Å². The van der Waals surface area contributed by atoms with Crippen LogP contribution in [0.15, 0.2) is 36.4 Å². The Morgan fingerprint density at radius 1 is 1.12 bits per heavy atom. The lowest BCUT2D eigenvalue weighted by molar-refractivity contribution is 0.0641. The van der Waals surface area contributed by atoms with E-state index in [1.807, 2.05) is 20.8 Å². The van der Waals surface area contributed by atoms with E-state index in [0.717, 1.165) is 5.56 Å². The maximum atomic E-state index is 12.5. The van der Waals surface area contributed by atoms with Crippen LogP contribution in [0.5, 0.6) is 5.75 Å². The van der Waals surface area contributed by atoms with Crippen molar-refractivity contribution in [2.24, 2.45) is 0 Å². The first kappa shape index (κ1) is 19.6. The van der Waals surface area contributed by atoms with Gasteiger partial charge in [0.1, 0.15) is 5.75 Å². The van der Waals surface area contributed by atoms with E-state index >= 15 is 0 Å². The lowest BCUT2D eigenvalue weighted by atomic mass is 10.1. The summed E-state index contributed by atoms with van der Waals surface area (Å²) in [7, 11) is 0. The SMILES string of the molecule is CCOc1ccc(C(=O)Nc2ccc(Cl)c(Cl)c2)cc1COC(C)C. The van der Waals surface area contributed by atoms with Gasteiger partial charge in [0.2, 0.25) is 0 Å². The van der Waals surface area contributed by atoms with Gasteiger partial charge in [-0.15, -0.1) is 0 Å². The molecule has 1 amide bonds. The third-order valence-corrected chi connectivity index (χ3v) is 4.11. The van der Waals surface area contributed by atoms with Gasteiger partial charge >= 0.3 is 0 Å². The van der Waals surface area contributed by atoms with Crippen LogP contribution in [0.2, 0.25) is 10.0 Å². The zero-order valence-corrected chi connectivity index (χ0v) is 15.9. The number of nitrogens with one attached hydrogen (secondary N) is 1. The van der Waals surface area contributed by atoms with Crippen LogP contribution < -0.4 is 10.1 Å². The molecule has 0 unspecified atom stereocenters. The number of hydrogen-bond donors (Lipinski definition) is 1. The van der Waals surface area contributed by atoms with Crippen molar-refractivity contribution in [3.63, 3.8) is 0 Å². The Balaban J connectivity index is 2.20. The topological polar surface area (TPSA) is 47.6 Å². The Morgan fingerprint density at radius 3 is 2.52 bits per heavy atom. The lowest BCUT2D eigenvalue weighted by Crippen LogP contribution is -2.13. The highest BCUT2D eigenvalue weighted by Crippen LogP contribution is 2.26. The number of amides is 1. The molecular weight excluding hydrogens is 361 g/mol. The van der Waals surface area contributed by atoms with Crippen molar-refractivity contribution >= 4 is 34.8 Å². The monoisotopic (exact) mass is 381 g/mol. The predicted octanol–water partition coefficient (Wildman–Crippen LogP) is 5.57. The fourth-order valence-electron chi connectivity index (χ4n) is 2.16. The smallest absolute Gasteiger partial charge is 0.255 e. The van der Waals surface area contributed by atoms with Crippen LogP contribution in [0.3, 0.4) is 0 Å². The molecule has 25 heavy (non-hydrogen) atoms. The van der Waals surface area contributed by atoms with Crippen molar-refractivity contribution in [3.8, 4) is 5.75 Å². The largest absolute Gasteiger partial charge is 0.494 e. The third-order valence-electron chi connectivity index (χ3n) is 3.37.